The summed E-state index contributed by atoms with van der Waals surface area (Å²) in [4.78, 5) is 35.4. The molecule has 0 aliphatic carbocycles. The molecule has 2 saturated heterocycles. The van der Waals surface area contributed by atoms with Crippen LogP contribution < -0.4 is 0 Å². The van der Waals surface area contributed by atoms with Crippen molar-refractivity contribution in [2.75, 3.05) is 6.54 Å². The monoisotopic (exact) mass is 254 g/mol. The Morgan fingerprint density at radius 2 is 1.94 bits per heavy atom. The zero-order chi connectivity index (χ0) is 13.5. The molecular weight excluding hydrogens is 236 g/mol. The van der Waals surface area contributed by atoms with E-state index >= 15 is 0 Å². The zero-order valence-electron chi connectivity index (χ0n) is 10.9. The topological polar surface area (TPSA) is 66.9 Å². The number of hydrazine groups is 1. The maximum Gasteiger partial charge on any atom is 0.331 e. The van der Waals surface area contributed by atoms with Crippen LogP contribution in [0.3, 0.4) is 0 Å². The second-order valence-corrected chi connectivity index (χ2v) is 5.62. The van der Waals surface area contributed by atoms with Gasteiger partial charge in [-0.3, -0.25) is 14.6 Å². The first-order valence-electron chi connectivity index (χ1n) is 6.15. The van der Waals surface area contributed by atoms with Gasteiger partial charge in [-0.2, -0.15) is 0 Å². The summed E-state index contributed by atoms with van der Waals surface area (Å²) in [5.74, 6) is -0.973. The number of hydrogen-bond donors (Lipinski definition) is 0. The largest absolute Gasteiger partial charge is 0.458 e. The Bertz CT molecular complexity index is 399. The van der Waals surface area contributed by atoms with E-state index in [-0.39, 0.29) is 18.2 Å². The van der Waals surface area contributed by atoms with E-state index in [2.05, 4.69) is 0 Å². The standard InChI is InChI=1S/C12H18N2O4/c1-12(2,3)18-11(17)8-5-4-6-13-9(15)7-10(16)14(8)13/h8H,4-7H2,1-3H3. The summed E-state index contributed by atoms with van der Waals surface area (Å²) in [6.45, 7) is 5.84. The van der Waals surface area contributed by atoms with Crippen molar-refractivity contribution >= 4 is 17.8 Å². The first kappa shape index (κ1) is 12.9. The van der Waals surface area contributed by atoms with Crippen molar-refractivity contribution in [3.63, 3.8) is 0 Å². The predicted molar refractivity (Wildman–Crippen MR) is 62.0 cm³/mol. The molecule has 1 unspecified atom stereocenters. The first-order valence-corrected chi connectivity index (χ1v) is 6.15. The zero-order valence-corrected chi connectivity index (χ0v) is 10.9. The lowest BCUT2D eigenvalue weighted by Gasteiger charge is -2.38. The van der Waals surface area contributed by atoms with Gasteiger partial charge < -0.3 is 4.74 Å². The van der Waals surface area contributed by atoms with Gasteiger partial charge in [-0.05, 0) is 33.6 Å². The Morgan fingerprint density at radius 1 is 1.28 bits per heavy atom. The van der Waals surface area contributed by atoms with Crippen LogP contribution in [0.1, 0.15) is 40.0 Å². The number of rotatable bonds is 1. The number of ether oxygens (including phenoxy) is 1. The molecule has 18 heavy (non-hydrogen) atoms. The van der Waals surface area contributed by atoms with E-state index in [4.69, 9.17) is 4.74 Å². The third kappa shape index (κ3) is 2.32. The van der Waals surface area contributed by atoms with E-state index < -0.39 is 17.6 Å². The van der Waals surface area contributed by atoms with Gasteiger partial charge in [-0.1, -0.05) is 0 Å². The van der Waals surface area contributed by atoms with Crippen molar-refractivity contribution in [2.24, 2.45) is 0 Å². The van der Waals surface area contributed by atoms with Crippen LogP contribution in [-0.2, 0) is 19.1 Å². The molecule has 2 fully saturated rings. The molecule has 2 heterocycles. The summed E-state index contributed by atoms with van der Waals surface area (Å²) in [6.07, 6.45) is 1.11. The van der Waals surface area contributed by atoms with E-state index in [1.165, 1.54) is 10.0 Å². The van der Waals surface area contributed by atoms with Crippen molar-refractivity contribution in [3.05, 3.63) is 0 Å². The van der Waals surface area contributed by atoms with Crippen LogP contribution in [0.25, 0.3) is 0 Å². The quantitative estimate of drug-likeness (QED) is 0.504. The van der Waals surface area contributed by atoms with Crippen LogP contribution >= 0.6 is 0 Å². The Hall–Kier alpha value is -1.59. The van der Waals surface area contributed by atoms with Crippen LogP contribution in [-0.4, -0.2) is 46.0 Å². The minimum atomic E-state index is -0.656. The molecule has 100 valence electrons. The van der Waals surface area contributed by atoms with Crippen LogP contribution in [0.4, 0.5) is 0 Å². The van der Waals surface area contributed by atoms with E-state index in [0.29, 0.717) is 19.4 Å². The van der Waals surface area contributed by atoms with Crippen molar-refractivity contribution in [1.82, 2.24) is 10.0 Å². The maximum atomic E-state index is 12.1. The van der Waals surface area contributed by atoms with E-state index in [9.17, 15) is 14.4 Å². The van der Waals surface area contributed by atoms with Crippen molar-refractivity contribution in [3.8, 4) is 0 Å². The van der Waals surface area contributed by atoms with Crippen LogP contribution in [0.2, 0.25) is 0 Å². The van der Waals surface area contributed by atoms with Gasteiger partial charge in [0.15, 0.2) is 6.04 Å². The highest BCUT2D eigenvalue weighted by Gasteiger charge is 2.46. The number of hydrogen-bond acceptors (Lipinski definition) is 4. The summed E-state index contributed by atoms with van der Waals surface area (Å²) in [5, 5.41) is 2.65. The smallest absolute Gasteiger partial charge is 0.331 e. The lowest BCUT2D eigenvalue weighted by Crippen LogP contribution is -2.55. The van der Waals surface area contributed by atoms with E-state index in [0.717, 1.165) is 0 Å². The van der Waals surface area contributed by atoms with E-state index in [1.807, 2.05) is 0 Å². The summed E-state index contributed by atoms with van der Waals surface area (Å²) >= 11 is 0. The maximum absolute atomic E-state index is 12.1. The normalized spacial score (nSPS) is 24.3. The molecular formula is C12H18N2O4. The fourth-order valence-electron chi connectivity index (χ4n) is 2.28. The fraction of sp³-hybridized carbons (Fsp3) is 0.750. The van der Waals surface area contributed by atoms with Crippen LogP contribution in [0.15, 0.2) is 0 Å². The molecule has 0 bridgehead atoms. The number of carbonyl (C=O) groups is 3. The lowest BCUT2D eigenvalue weighted by molar-refractivity contribution is -0.179. The first-order chi connectivity index (χ1) is 8.29. The Morgan fingerprint density at radius 3 is 2.56 bits per heavy atom. The molecule has 2 aliphatic heterocycles. The number of nitrogens with zero attached hydrogens (tertiary/aromatic N) is 2. The third-order valence-electron chi connectivity index (χ3n) is 2.93. The molecule has 0 N–H and O–H groups in total. The number of fused-ring (bicyclic) bond motifs is 1. The molecule has 0 spiro atoms. The van der Waals surface area contributed by atoms with E-state index in [1.54, 1.807) is 20.8 Å². The van der Waals surface area contributed by atoms with Gasteiger partial charge in [0, 0.05) is 6.54 Å². The van der Waals surface area contributed by atoms with Gasteiger partial charge in [0.2, 0.25) is 0 Å². The average molecular weight is 254 g/mol. The van der Waals surface area contributed by atoms with Gasteiger partial charge in [0.05, 0.1) is 0 Å². The number of carbonyl (C=O) groups excluding carboxylic acids is 3. The Balaban J connectivity index is 2.15. The van der Waals surface area contributed by atoms with Gasteiger partial charge in [-0.15, -0.1) is 0 Å². The molecule has 0 radical (unpaired) electrons. The summed E-state index contributed by atoms with van der Waals surface area (Å²) in [5.41, 5.74) is -0.591. The molecule has 0 aromatic carbocycles. The molecule has 6 heteroatoms. The minimum absolute atomic E-state index is 0.140. The van der Waals surface area contributed by atoms with Gasteiger partial charge in [0.1, 0.15) is 12.0 Å². The minimum Gasteiger partial charge on any atom is -0.458 e. The fourth-order valence-corrected chi connectivity index (χ4v) is 2.28. The third-order valence-corrected chi connectivity index (χ3v) is 2.93. The number of amides is 2. The molecule has 2 amide bonds. The molecule has 1 atom stereocenters. The second-order valence-electron chi connectivity index (χ2n) is 5.62. The predicted octanol–water partition coefficient (Wildman–Crippen LogP) is 0.466. The Kier molecular flexibility index (Phi) is 3.04. The summed E-state index contributed by atoms with van der Waals surface area (Å²) in [7, 11) is 0. The molecule has 0 aromatic heterocycles. The number of esters is 1. The SMILES string of the molecule is CC(C)(C)OC(=O)C1CCCN2C(=O)CC(=O)N12. The van der Waals surface area contributed by atoms with Gasteiger partial charge in [-0.25, -0.2) is 9.80 Å². The van der Waals surface area contributed by atoms with Crippen molar-refractivity contribution in [1.29, 1.82) is 0 Å². The molecule has 0 saturated carbocycles. The average Bonchev–Trinajstić information content (AvgIpc) is 2.52. The molecule has 6 nitrogen and oxygen atoms in total. The highest BCUT2D eigenvalue weighted by molar-refractivity contribution is 6.03. The molecule has 0 aromatic rings. The second kappa shape index (κ2) is 4.26. The molecule has 2 rings (SSSR count). The lowest BCUT2D eigenvalue weighted by atomic mass is 10.1. The highest BCUT2D eigenvalue weighted by Crippen LogP contribution is 2.27. The highest BCUT2D eigenvalue weighted by atomic mass is 16.6. The van der Waals surface area contributed by atoms with Crippen LogP contribution in [0.5, 0.6) is 0 Å². The van der Waals surface area contributed by atoms with Gasteiger partial charge in [0.25, 0.3) is 11.8 Å². The summed E-state index contributed by atoms with van der Waals surface area (Å²) < 4.78 is 5.30. The van der Waals surface area contributed by atoms with Crippen molar-refractivity contribution < 1.29 is 19.1 Å². The van der Waals surface area contributed by atoms with Crippen LogP contribution in [0, 0.1) is 0 Å². The van der Waals surface area contributed by atoms with Gasteiger partial charge >= 0.3 is 5.97 Å². The van der Waals surface area contributed by atoms with Crippen molar-refractivity contribution in [2.45, 2.75) is 51.7 Å². The molecule has 2 aliphatic rings. The summed E-state index contributed by atoms with van der Waals surface area (Å²) in [6, 6.07) is -0.656. The Labute approximate surface area is 106 Å².